The molecule has 2 aromatic heterocycles. The molecule has 0 unspecified atom stereocenters. The molecule has 1 aliphatic rings. The molecule has 10 heteroatoms. The molecule has 0 spiro atoms. The minimum atomic E-state index is -3.10. The van der Waals surface area contributed by atoms with E-state index in [1.165, 1.54) is 12.5 Å². The van der Waals surface area contributed by atoms with Gasteiger partial charge in [-0.15, -0.1) is 0 Å². The van der Waals surface area contributed by atoms with Crippen molar-refractivity contribution >= 4 is 17.1 Å². The van der Waals surface area contributed by atoms with Crippen LogP contribution < -0.4 is 5.73 Å². The largest absolute Gasteiger partial charge is 0.394 e. The first-order valence-electron chi connectivity index (χ1n) is 5.76. The Balaban J connectivity index is 2.09. The van der Waals surface area contributed by atoms with Crippen LogP contribution in [0.25, 0.3) is 11.2 Å². The van der Waals surface area contributed by atoms with E-state index in [1.54, 1.807) is 0 Å². The molecule has 3 rings (SSSR count). The summed E-state index contributed by atoms with van der Waals surface area (Å²) in [6.45, 7) is -0.645. The van der Waals surface area contributed by atoms with Gasteiger partial charge in [0, 0.05) is 0 Å². The number of nitrogen functional groups attached to an aromatic ring is 1. The summed E-state index contributed by atoms with van der Waals surface area (Å²) in [6, 6.07) is 0. The van der Waals surface area contributed by atoms with Crippen LogP contribution in [-0.2, 0) is 4.74 Å². The number of halogens is 1. The standard InChI is InChI=1S/C10H12FN5O4/c11-10(19)6(18)5(2-17)20-8(10)16-3-14-4-1-13-9(12)15-7(4)16/h1,3,5-6,8,17-19H,2H2,(H2,12,13,15)/t5-,6-,8-,10+/m1/s1. The molecule has 2 aromatic rings. The van der Waals surface area contributed by atoms with Crippen LogP contribution in [0.3, 0.4) is 0 Å². The highest BCUT2D eigenvalue weighted by molar-refractivity contribution is 5.70. The monoisotopic (exact) mass is 285 g/mol. The van der Waals surface area contributed by atoms with E-state index in [4.69, 9.17) is 15.6 Å². The number of ether oxygens (including phenoxy) is 1. The second kappa shape index (κ2) is 4.31. The Hall–Kier alpha value is -1.88. The number of fused-ring (bicyclic) bond motifs is 1. The number of imidazole rings is 1. The van der Waals surface area contributed by atoms with Crippen molar-refractivity contribution in [3.8, 4) is 0 Å². The summed E-state index contributed by atoms with van der Waals surface area (Å²) < 4.78 is 20.5. The van der Waals surface area contributed by atoms with E-state index >= 15 is 0 Å². The van der Waals surface area contributed by atoms with Gasteiger partial charge in [0.15, 0.2) is 11.9 Å². The quantitative estimate of drug-likeness (QED) is 0.513. The van der Waals surface area contributed by atoms with Gasteiger partial charge in [0.25, 0.3) is 5.85 Å². The maximum Gasteiger partial charge on any atom is 0.281 e. The first kappa shape index (κ1) is 13.1. The van der Waals surface area contributed by atoms with Gasteiger partial charge in [-0.05, 0) is 0 Å². The molecule has 1 fully saturated rings. The first-order chi connectivity index (χ1) is 9.45. The average molecular weight is 285 g/mol. The normalized spacial score (nSPS) is 33.9. The zero-order valence-corrected chi connectivity index (χ0v) is 10.1. The second-order valence-electron chi connectivity index (χ2n) is 4.47. The van der Waals surface area contributed by atoms with Gasteiger partial charge in [-0.25, -0.2) is 14.4 Å². The Morgan fingerprint density at radius 1 is 1.50 bits per heavy atom. The van der Waals surface area contributed by atoms with Gasteiger partial charge in [-0.2, -0.15) is 4.98 Å². The summed E-state index contributed by atoms with van der Waals surface area (Å²) in [5.74, 6) is -3.15. The summed E-state index contributed by atoms with van der Waals surface area (Å²) in [4.78, 5) is 11.5. The maximum atomic E-state index is 14.2. The van der Waals surface area contributed by atoms with Gasteiger partial charge in [-0.3, -0.25) is 4.57 Å². The number of alkyl halides is 1. The maximum absolute atomic E-state index is 14.2. The molecule has 20 heavy (non-hydrogen) atoms. The Morgan fingerprint density at radius 2 is 2.25 bits per heavy atom. The van der Waals surface area contributed by atoms with Crippen LogP contribution in [0.2, 0.25) is 0 Å². The number of anilines is 1. The second-order valence-corrected chi connectivity index (χ2v) is 4.47. The van der Waals surface area contributed by atoms with Crippen molar-refractivity contribution in [2.24, 2.45) is 0 Å². The number of aliphatic hydroxyl groups excluding tert-OH is 2. The molecule has 0 aliphatic carbocycles. The Bertz CT molecular complexity index is 648. The van der Waals surface area contributed by atoms with Crippen molar-refractivity contribution in [1.82, 2.24) is 19.5 Å². The molecular formula is C10H12FN5O4. The molecular weight excluding hydrogens is 273 g/mol. The van der Waals surface area contributed by atoms with Crippen LogP contribution >= 0.6 is 0 Å². The molecule has 1 saturated heterocycles. The number of aromatic nitrogens is 4. The summed E-state index contributed by atoms with van der Waals surface area (Å²) in [5, 5.41) is 28.4. The van der Waals surface area contributed by atoms with Gasteiger partial charge in [0.1, 0.15) is 17.7 Å². The molecule has 0 bridgehead atoms. The summed E-state index contributed by atoms with van der Waals surface area (Å²) in [6.07, 6.45) is -2.24. The molecule has 5 N–H and O–H groups in total. The lowest BCUT2D eigenvalue weighted by molar-refractivity contribution is -0.195. The Labute approximate surface area is 111 Å². The van der Waals surface area contributed by atoms with Gasteiger partial charge in [-0.1, -0.05) is 0 Å². The van der Waals surface area contributed by atoms with Crippen molar-refractivity contribution in [1.29, 1.82) is 0 Å². The third kappa shape index (κ3) is 1.73. The lowest BCUT2D eigenvalue weighted by Crippen LogP contribution is -2.43. The van der Waals surface area contributed by atoms with E-state index in [-0.39, 0.29) is 11.6 Å². The van der Waals surface area contributed by atoms with E-state index in [0.717, 1.165) is 4.57 Å². The van der Waals surface area contributed by atoms with E-state index in [2.05, 4.69) is 15.0 Å². The zero-order valence-electron chi connectivity index (χ0n) is 10.1. The van der Waals surface area contributed by atoms with Crippen molar-refractivity contribution in [2.45, 2.75) is 24.3 Å². The molecule has 1 aliphatic heterocycles. The fourth-order valence-corrected chi connectivity index (χ4v) is 2.16. The van der Waals surface area contributed by atoms with Crippen LogP contribution in [0.5, 0.6) is 0 Å². The van der Waals surface area contributed by atoms with Crippen LogP contribution in [0.4, 0.5) is 10.3 Å². The summed E-state index contributed by atoms with van der Waals surface area (Å²) in [7, 11) is 0. The number of nitrogens with two attached hydrogens (primary N) is 1. The minimum Gasteiger partial charge on any atom is -0.394 e. The highest BCUT2D eigenvalue weighted by atomic mass is 19.2. The van der Waals surface area contributed by atoms with Crippen LogP contribution in [0.1, 0.15) is 6.23 Å². The van der Waals surface area contributed by atoms with Gasteiger partial charge in [0.2, 0.25) is 5.95 Å². The number of hydrogen-bond acceptors (Lipinski definition) is 8. The van der Waals surface area contributed by atoms with Crippen LogP contribution in [0, 0.1) is 0 Å². The molecule has 9 nitrogen and oxygen atoms in total. The van der Waals surface area contributed by atoms with Crippen molar-refractivity contribution in [3.63, 3.8) is 0 Å². The minimum absolute atomic E-state index is 0.0566. The van der Waals surface area contributed by atoms with Crippen molar-refractivity contribution in [2.75, 3.05) is 12.3 Å². The van der Waals surface area contributed by atoms with Gasteiger partial charge < -0.3 is 25.8 Å². The zero-order chi connectivity index (χ0) is 14.5. The van der Waals surface area contributed by atoms with E-state index in [1.807, 2.05) is 0 Å². The Kier molecular flexibility index (Phi) is 2.83. The molecule has 0 aromatic carbocycles. The lowest BCUT2D eigenvalue weighted by atomic mass is 10.1. The lowest BCUT2D eigenvalue weighted by Gasteiger charge is -2.22. The number of rotatable bonds is 2. The molecule has 4 atom stereocenters. The molecule has 3 heterocycles. The van der Waals surface area contributed by atoms with Crippen molar-refractivity contribution < 1.29 is 24.4 Å². The van der Waals surface area contributed by atoms with E-state index in [9.17, 15) is 14.6 Å². The third-order valence-corrected chi connectivity index (χ3v) is 3.18. The highest BCUT2D eigenvalue weighted by Gasteiger charge is 2.57. The highest BCUT2D eigenvalue weighted by Crippen LogP contribution is 2.40. The van der Waals surface area contributed by atoms with E-state index < -0.39 is 30.9 Å². The molecule has 0 amide bonds. The fraction of sp³-hybridized carbons (Fsp3) is 0.500. The van der Waals surface area contributed by atoms with Gasteiger partial charge >= 0.3 is 0 Å². The molecule has 108 valence electrons. The van der Waals surface area contributed by atoms with E-state index in [0.29, 0.717) is 5.52 Å². The fourth-order valence-electron chi connectivity index (χ4n) is 2.16. The van der Waals surface area contributed by atoms with Crippen LogP contribution in [-0.4, -0.2) is 59.5 Å². The summed E-state index contributed by atoms with van der Waals surface area (Å²) >= 11 is 0. The average Bonchev–Trinajstić information content (AvgIpc) is 2.90. The smallest absolute Gasteiger partial charge is 0.281 e. The van der Waals surface area contributed by atoms with Crippen LogP contribution in [0.15, 0.2) is 12.5 Å². The third-order valence-electron chi connectivity index (χ3n) is 3.18. The van der Waals surface area contributed by atoms with Crippen molar-refractivity contribution in [3.05, 3.63) is 12.5 Å². The number of aliphatic hydroxyl groups is 3. The number of nitrogens with zero attached hydrogens (tertiary/aromatic N) is 4. The molecule has 0 radical (unpaired) electrons. The van der Waals surface area contributed by atoms with Gasteiger partial charge in [0.05, 0.1) is 19.1 Å². The Morgan fingerprint density at radius 3 is 2.90 bits per heavy atom. The summed E-state index contributed by atoms with van der Waals surface area (Å²) in [5.41, 5.74) is 5.91. The predicted molar refractivity (Wildman–Crippen MR) is 62.8 cm³/mol. The topological polar surface area (TPSA) is 140 Å². The number of hydrogen-bond donors (Lipinski definition) is 4. The predicted octanol–water partition coefficient (Wildman–Crippen LogP) is -1.68. The first-order valence-corrected chi connectivity index (χ1v) is 5.76. The molecule has 0 saturated carbocycles. The SMILES string of the molecule is Nc1ncc2ncn([C@@H]3O[C@H](CO)[C@@H](O)[C@@]3(O)F)c2n1.